The van der Waals surface area contributed by atoms with Gasteiger partial charge < -0.3 is 5.32 Å². The molecular weight excluding hydrogens is 421 g/mol. The molecule has 10 heteroatoms. The van der Waals surface area contributed by atoms with Gasteiger partial charge in [0, 0.05) is 18.7 Å². The summed E-state index contributed by atoms with van der Waals surface area (Å²) in [5, 5.41) is 20.2. The molecule has 1 aliphatic heterocycles. The van der Waals surface area contributed by atoms with E-state index in [9.17, 15) is 23.2 Å². The van der Waals surface area contributed by atoms with Crippen molar-refractivity contribution in [3.63, 3.8) is 0 Å². The van der Waals surface area contributed by atoms with E-state index in [1.165, 1.54) is 10.5 Å². The van der Waals surface area contributed by atoms with Gasteiger partial charge in [-0.2, -0.15) is 18.4 Å². The highest BCUT2D eigenvalue weighted by molar-refractivity contribution is 5.95. The second-order valence-electron chi connectivity index (χ2n) is 7.86. The SMILES string of the molecule is CC(C(=O)Nc1ccccc1C#N)N1CCCC(c2nnc3ccc(C(F)(F)F)cn23)C1. The smallest absolute Gasteiger partial charge is 0.324 e. The third kappa shape index (κ3) is 4.29. The van der Waals surface area contributed by atoms with Crippen LogP contribution in [0.15, 0.2) is 42.6 Å². The van der Waals surface area contributed by atoms with Crippen molar-refractivity contribution in [3.8, 4) is 6.07 Å². The number of likely N-dealkylation sites (tertiary alicyclic amines) is 1. The normalized spacial score (nSPS) is 18.3. The van der Waals surface area contributed by atoms with Gasteiger partial charge in [-0.25, -0.2) is 0 Å². The zero-order chi connectivity index (χ0) is 22.9. The number of carbonyl (C=O) groups excluding carboxylic acids is 1. The third-order valence-electron chi connectivity index (χ3n) is 5.81. The summed E-state index contributed by atoms with van der Waals surface area (Å²) >= 11 is 0. The number of para-hydroxylation sites is 1. The molecule has 2 atom stereocenters. The number of rotatable bonds is 4. The first-order chi connectivity index (χ1) is 15.3. The molecule has 3 heterocycles. The van der Waals surface area contributed by atoms with Crippen LogP contribution in [0.2, 0.25) is 0 Å². The molecule has 1 amide bonds. The standard InChI is InChI=1S/C22H21F3N6O/c1-14(21(32)27-18-7-3-2-5-15(18)11-26)30-10-4-6-16(12-30)20-29-28-19-9-8-17(13-31(19)20)22(23,24)25/h2-3,5,7-9,13-14,16H,4,6,10,12H2,1H3,(H,27,32). The number of anilines is 1. The van der Waals surface area contributed by atoms with Crippen LogP contribution in [0.1, 0.15) is 42.6 Å². The molecule has 0 aliphatic carbocycles. The average Bonchev–Trinajstić information content (AvgIpc) is 3.22. The quantitative estimate of drug-likeness (QED) is 0.664. The average molecular weight is 442 g/mol. The molecule has 32 heavy (non-hydrogen) atoms. The number of hydrogen-bond donors (Lipinski definition) is 1. The number of hydrogen-bond acceptors (Lipinski definition) is 5. The van der Waals surface area contributed by atoms with Crippen LogP contribution in [0, 0.1) is 11.3 Å². The highest BCUT2D eigenvalue weighted by Gasteiger charge is 2.33. The maximum absolute atomic E-state index is 13.2. The number of nitrogens with zero attached hydrogens (tertiary/aromatic N) is 5. The number of benzene rings is 1. The van der Waals surface area contributed by atoms with Crippen molar-refractivity contribution in [1.29, 1.82) is 5.26 Å². The second kappa shape index (κ2) is 8.59. The molecule has 7 nitrogen and oxygen atoms in total. The van der Waals surface area contributed by atoms with Crippen LogP contribution in [0.3, 0.4) is 0 Å². The van der Waals surface area contributed by atoms with Crippen molar-refractivity contribution >= 4 is 17.2 Å². The fraction of sp³-hybridized carbons (Fsp3) is 0.364. The number of alkyl halides is 3. The molecule has 0 saturated carbocycles. The Bertz CT molecular complexity index is 1180. The van der Waals surface area contributed by atoms with Gasteiger partial charge in [0.1, 0.15) is 11.9 Å². The lowest BCUT2D eigenvalue weighted by molar-refractivity contribution is -0.137. The summed E-state index contributed by atoms with van der Waals surface area (Å²) in [6.45, 7) is 2.91. The summed E-state index contributed by atoms with van der Waals surface area (Å²) in [5.41, 5.74) is 0.412. The van der Waals surface area contributed by atoms with E-state index in [0.29, 0.717) is 35.8 Å². The molecule has 0 bridgehead atoms. The summed E-state index contributed by atoms with van der Waals surface area (Å²) in [4.78, 5) is 14.8. The largest absolute Gasteiger partial charge is 0.417 e. The lowest BCUT2D eigenvalue weighted by Crippen LogP contribution is -2.46. The molecule has 1 fully saturated rings. The first-order valence-electron chi connectivity index (χ1n) is 10.2. The van der Waals surface area contributed by atoms with Gasteiger partial charge in [-0.1, -0.05) is 12.1 Å². The first-order valence-corrected chi connectivity index (χ1v) is 10.2. The highest BCUT2D eigenvalue weighted by atomic mass is 19.4. The van der Waals surface area contributed by atoms with Gasteiger partial charge >= 0.3 is 6.18 Å². The Morgan fingerprint density at radius 1 is 1.25 bits per heavy atom. The summed E-state index contributed by atoms with van der Waals surface area (Å²) in [6.07, 6.45) is -1.93. The fourth-order valence-electron chi connectivity index (χ4n) is 4.02. The topological polar surface area (TPSA) is 86.3 Å². The Morgan fingerprint density at radius 2 is 2.03 bits per heavy atom. The number of pyridine rings is 1. The first kappa shape index (κ1) is 21.8. The molecule has 4 rings (SSSR count). The monoisotopic (exact) mass is 442 g/mol. The number of nitriles is 1. The number of nitrogens with one attached hydrogen (secondary N) is 1. The second-order valence-corrected chi connectivity index (χ2v) is 7.86. The van der Waals surface area contributed by atoms with Gasteiger partial charge in [0.15, 0.2) is 5.65 Å². The Balaban J connectivity index is 1.52. The van der Waals surface area contributed by atoms with Crippen LogP contribution in [0.25, 0.3) is 5.65 Å². The van der Waals surface area contributed by atoms with Gasteiger partial charge in [0.2, 0.25) is 5.91 Å². The van der Waals surface area contributed by atoms with Crippen LogP contribution in [0.4, 0.5) is 18.9 Å². The van der Waals surface area contributed by atoms with Crippen molar-refractivity contribution in [1.82, 2.24) is 19.5 Å². The van der Waals surface area contributed by atoms with Crippen LogP contribution in [-0.2, 0) is 11.0 Å². The molecule has 1 N–H and O–H groups in total. The van der Waals surface area contributed by atoms with Gasteiger partial charge in [-0.05, 0) is 50.6 Å². The van der Waals surface area contributed by atoms with Crippen molar-refractivity contribution in [2.75, 3.05) is 18.4 Å². The van der Waals surface area contributed by atoms with Crippen molar-refractivity contribution in [3.05, 3.63) is 59.5 Å². The molecule has 2 unspecified atom stereocenters. The Labute approximate surface area is 182 Å². The molecular formula is C22H21F3N6O. The number of carbonyl (C=O) groups is 1. The zero-order valence-electron chi connectivity index (χ0n) is 17.3. The van der Waals surface area contributed by atoms with Gasteiger partial charge in [0.05, 0.1) is 22.9 Å². The van der Waals surface area contributed by atoms with E-state index in [2.05, 4.69) is 21.6 Å². The van der Waals surface area contributed by atoms with E-state index in [-0.39, 0.29) is 11.8 Å². The van der Waals surface area contributed by atoms with Crippen LogP contribution in [0.5, 0.6) is 0 Å². The van der Waals surface area contributed by atoms with E-state index >= 15 is 0 Å². The van der Waals surface area contributed by atoms with Crippen molar-refractivity contribution < 1.29 is 18.0 Å². The van der Waals surface area contributed by atoms with Crippen LogP contribution >= 0.6 is 0 Å². The van der Waals surface area contributed by atoms with Gasteiger partial charge in [0.25, 0.3) is 0 Å². The minimum atomic E-state index is -4.46. The molecule has 1 saturated heterocycles. The Kier molecular flexibility index (Phi) is 5.84. The number of piperidine rings is 1. The van der Waals surface area contributed by atoms with E-state index in [1.54, 1.807) is 31.2 Å². The minimum absolute atomic E-state index is 0.163. The molecule has 1 aromatic carbocycles. The van der Waals surface area contributed by atoms with Crippen molar-refractivity contribution in [2.24, 2.45) is 0 Å². The van der Waals surface area contributed by atoms with Gasteiger partial charge in [-0.3, -0.25) is 14.1 Å². The van der Waals surface area contributed by atoms with E-state index in [4.69, 9.17) is 0 Å². The molecule has 166 valence electrons. The van der Waals surface area contributed by atoms with Crippen LogP contribution in [-0.4, -0.2) is 44.5 Å². The fourth-order valence-corrected chi connectivity index (χ4v) is 4.02. The lowest BCUT2D eigenvalue weighted by atomic mass is 9.96. The number of fused-ring (bicyclic) bond motifs is 1. The molecule has 1 aliphatic rings. The molecule has 3 aromatic rings. The number of aromatic nitrogens is 3. The lowest BCUT2D eigenvalue weighted by Gasteiger charge is -2.35. The summed E-state index contributed by atoms with van der Waals surface area (Å²) in [7, 11) is 0. The zero-order valence-corrected chi connectivity index (χ0v) is 17.3. The summed E-state index contributed by atoms with van der Waals surface area (Å²) in [5.74, 6) is 0.0425. The molecule has 0 spiro atoms. The molecule has 2 aromatic heterocycles. The minimum Gasteiger partial charge on any atom is -0.324 e. The number of amides is 1. The molecule has 0 radical (unpaired) electrons. The predicted octanol–water partition coefficient (Wildman–Crippen LogP) is 3.83. The predicted molar refractivity (Wildman–Crippen MR) is 111 cm³/mol. The van der Waals surface area contributed by atoms with E-state index in [0.717, 1.165) is 25.1 Å². The maximum atomic E-state index is 13.2. The maximum Gasteiger partial charge on any atom is 0.417 e. The van der Waals surface area contributed by atoms with Crippen LogP contribution < -0.4 is 5.32 Å². The third-order valence-corrected chi connectivity index (χ3v) is 5.81. The Hall–Kier alpha value is -3.45. The number of halogens is 3. The summed E-state index contributed by atoms with van der Waals surface area (Å²) < 4.78 is 40.9. The summed E-state index contributed by atoms with van der Waals surface area (Å²) in [6, 6.07) is 10.6. The van der Waals surface area contributed by atoms with Gasteiger partial charge in [-0.15, -0.1) is 10.2 Å². The highest BCUT2D eigenvalue weighted by Crippen LogP contribution is 2.32. The van der Waals surface area contributed by atoms with E-state index < -0.39 is 17.8 Å². The van der Waals surface area contributed by atoms with Crippen molar-refractivity contribution in [2.45, 2.75) is 37.9 Å². The van der Waals surface area contributed by atoms with E-state index in [1.807, 2.05) is 4.90 Å². The Morgan fingerprint density at radius 3 is 2.78 bits per heavy atom.